The molecule has 0 aromatic carbocycles. The number of hydrogen-bond acceptors (Lipinski definition) is 3. The lowest BCUT2D eigenvalue weighted by Crippen LogP contribution is -2.59. The van der Waals surface area contributed by atoms with Crippen LogP contribution in [0.15, 0.2) is 0 Å². The molecule has 76 valence electrons. The highest BCUT2D eigenvalue weighted by Gasteiger charge is 2.44. The Morgan fingerprint density at radius 1 is 1.54 bits per heavy atom. The van der Waals surface area contributed by atoms with E-state index in [0.29, 0.717) is 13.0 Å². The monoisotopic (exact) mass is 187 g/mol. The highest BCUT2D eigenvalue weighted by Crippen LogP contribution is 2.27. The first-order chi connectivity index (χ1) is 6.17. The molecule has 1 aliphatic heterocycles. The van der Waals surface area contributed by atoms with Crippen LogP contribution in [0.1, 0.15) is 26.2 Å². The number of aliphatic hydroxyl groups is 1. The fourth-order valence-corrected chi connectivity index (χ4v) is 2.04. The van der Waals surface area contributed by atoms with E-state index in [1.54, 1.807) is 0 Å². The molecule has 0 bridgehead atoms. The van der Waals surface area contributed by atoms with Gasteiger partial charge in [0.05, 0.1) is 6.61 Å². The fraction of sp³-hybridized carbons (Fsp3) is 0.889. The summed E-state index contributed by atoms with van der Waals surface area (Å²) in [4.78, 5) is 12.9. The van der Waals surface area contributed by atoms with Crippen LogP contribution < -0.4 is 0 Å². The van der Waals surface area contributed by atoms with Crippen molar-refractivity contribution in [3.8, 4) is 0 Å². The summed E-state index contributed by atoms with van der Waals surface area (Å²) in [7, 11) is 0. The summed E-state index contributed by atoms with van der Waals surface area (Å²) in [6, 6.07) is 0. The first-order valence-electron chi connectivity index (χ1n) is 4.76. The van der Waals surface area contributed by atoms with Crippen molar-refractivity contribution >= 4 is 5.97 Å². The van der Waals surface area contributed by atoms with Gasteiger partial charge in [0, 0.05) is 0 Å². The maximum atomic E-state index is 11.1. The van der Waals surface area contributed by atoms with Gasteiger partial charge in [-0.15, -0.1) is 0 Å². The Bertz CT molecular complexity index is 195. The van der Waals surface area contributed by atoms with Crippen LogP contribution in [0.4, 0.5) is 0 Å². The van der Waals surface area contributed by atoms with Crippen LogP contribution in [0.2, 0.25) is 0 Å². The molecule has 4 heteroatoms. The highest BCUT2D eigenvalue weighted by atomic mass is 16.4. The van der Waals surface area contributed by atoms with Gasteiger partial charge >= 0.3 is 5.97 Å². The number of likely N-dealkylation sites (tertiary alicyclic amines) is 1. The summed E-state index contributed by atoms with van der Waals surface area (Å²) in [6.07, 6.45) is 2.49. The van der Waals surface area contributed by atoms with Crippen LogP contribution in [0.25, 0.3) is 0 Å². The van der Waals surface area contributed by atoms with E-state index in [1.165, 1.54) is 0 Å². The average Bonchev–Trinajstić information content (AvgIpc) is 2.17. The van der Waals surface area contributed by atoms with Crippen molar-refractivity contribution in [2.75, 3.05) is 19.7 Å². The Kier molecular flexibility index (Phi) is 3.27. The standard InChI is InChI=1S/C9H17NO3/c1-2-10-6-4-3-5-9(10,7-11)8(12)13/h11H,2-7H2,1H3,(H,12,13)/t9-/m0/s1. The third-order valence-electron chi connectivity index (χ3n) is 2.92. The van der Waals surface area contributed by atoms with Crippen molar-refractivity contribution in [1.29, 1.82) is 0 Å². The van der Waals surface area contributed by atoms with Gasteiger partial charge in [0.25, 0.3) is 0 Å². The van der Waals surface area contributed by atoms with Crippen molar-refractivity contribution in [2.45, 2.75) is 31.7 Å². The summed E-state index contributed by atoms with van der Waals surface area (Å²) in [5.41, 5.74) is -1.01. The number of carboxylic acids is 1. The van der Waals surface area contributed by atoms with Gasteiger partial charge in [-0.3, -0.25) is 9.69 Å². The van der Waals surface area contributed by atoms with E-state index in [1.807, 2.05) is 11.8 Å². The summed E-state index contributed by atoms with van der Waals surface area (Å²) in [6.45, 7) is 3.12. The Morgan fingerprint density at radius 2 is 2.23 bits per heavy atom. The van der Waals surface area contributed by atoms with Gasteiger partial charge in [-0.05, 0) is 32.4 Å². The molecular formula is C9H17NO3. The fourth-order valence-electron chi connectivity index (χ4n) is 2.04. The Labute approximate surface area is 78.2 Å². The minimum atomic E-state index is -1.01. The molecule has 0 aromatic heterocycles. The molecule has 0 aliphatic carbocycles. The van der Waals surface area contributed by atoms with Crippen LogP contribution in [0.3, 0.4) is 0 Å². The van der Waals surface area contributed by atoms with Gasteiger partial charge in [0.2, 0.25) is 0 Å². The Morgan fingerprint density at radius 3 is 2.62 bits per heavy atom. The van der Waals surface area contributed by atoms with Crippen LogP contribution in [0.5, 0.6) is 0 Å². The van der Waals surface area contributed by atoms with E-state index in [9.17, 15) is 9.90 Å². The Hall–Kier alpha value is -0.610. The molecule has 0 unspecified atom stereocenters. The van der Waals surface area contributed by atoms with E-state index in [4.69, 9.17) is 5.11 Å². The molecule has 1 saturated heterocycles. The second-order valence-corrected chi connectivity index (χ2v) is 3.53. The summed E-state index contributed by atoms with van der Waals surface area (Å²) in [5.74, 6) is -0.892. The molecule has 1 rings (SSSR count). The van der Waals surface area contributed by atoms with Crippen LogP contribution in [-0.4, -0.2) is 46.3 Å². The SMILES string of the molecule is CCN1CCCC[C@]1(CO)C(=O)O. The van der Waals surface area contributed by atoms with E-state index in [2.05, 4.69) is 0 Å². The first kappa shape index (κ1) is 10.5. The molecule has 1 heterocycles. The smallest absolute Gasteiger partial charge is 0.326 e. The Balaban J connectivity index is 2.84. The summed E-state index contributed by atoms with van der Waals surface area (Å²) in [5, 5.41) is 18.3. The molecule has 2 N–H and O–H groups in total. The zero-order chi connectivity index (χ0) is 9.90. The number of carboxylic acid groups (broad SMARTS) is 1. The van der Waals surface area contributed by atoms with Crippen molar-refractivity contribution in [1.82, 2.24) is 4.90 Å². The zero-order valence-electron chi connectivity index (χ0n) is 7.99. The number of rotatable bonds is 3. The van der Waals surface area contributed by atoms with Gasteiger partial charge in [0.1, 0.15) is 5.54 Å². The minimum absolute atomic E-state index is 0.282. The van der Waals surface area contributed by atoms with Crippen LogP contribution in [0, 0.1) is 0 Å². The zero-order valence-corrected chi connectivity index (χ0v) is 7.99. The van der Waals surface area contributed by atoms with Gasteiger partial charge in [-0.2, -0.15) is 0 Å². The minimum Gasteiger partial charge on any atom is -0.480 e. The molecule has 4 nitrogen and oxygen atoms in total. The van der Waals surface area contributed by atoms with E-state index >= 15 is 0 Å². The van der Waals surface area contributed by atoms with Gasteiger partial charge in [0.15, 0.2) is 0 Å². The van der Waals surface area contributed by atoms with Gasteiger partial charge < -0.3 is 10.2 Å². The van der Waals surface area contributed by atoms with E-state index in [-0.39, 0.29) is 6.61 Å². The van der Waals surface area contributed by atoms with Crippen LogP contribution >= 0.6 is 0 Å². The quantitative estimate of drug-likeness (QED) is 0.667. The molecular weight excluding hydrogens is 170 g/mol. The topological polar surface area (TPSA) is 60.8 Å². The lowest BCUT2D eigenvalue weighted by atomic mass is 9.87. The van der Waals surface area contributed by atoms with E-state index in [0.717, 1.165) is 19.4 Å². The third-order valence-corrected chi connectivity index (χ3v) is 2.92. The van der Waals surface area contributed by atoms with E-state index < -0.39 is 11.5 Å². The van der Waals surface area contributed by atoms with Gasteiger partial charge in [-0.1, -0.05) is 6.92 Å². The van der Waals surface area contributed by atoms with Crippen molar-refractivity contribution in [3.63, 3.8) is 0 Å². The predicted molar refractivity (Wildman–Crippen MR) is 48.6 cm³/mol. The number of hydrogen-bond donors (Lipinski definition) is 2. The normalized spacial score (nSPS) is 30.3. The van der Waals surface area contributed by atoms with Crippen molar-refractivity contribution in [3.05, 3.63) is 0 Å². The summed E-state index contributed by atoms with van der Waals surface area (Å²) >= 11 is 0. The maximum Gasteiger partial charge on any atom is 0.326 e. The molecule has 0 saturated carbocycles. The molecule has 1 aliphatic rings. The predicted octanol–water partition coefficient (Wildman–Crippen LogP) is 0.308. The highest BCUT2D eigenvalue weighted by molar-refractivity contribution is 5.79. The number of aliphatic hydroxyl groups excluding tert-OH is 1. The second kappa shape index (κ2) is 4.07. The number of likely N-dealkylation sites (N-methyl/N-ethyl adjacent to an activating group) is 1. The largest absolute Gasteiger partial charge is 0.480 e. The number of carbonyl (C=O) groups is 1. The lowest BCUT2D eigenvalue weighted by Gasteiger charge is -2.42. The summed E-state index contributed by atoms with van der Waals surface area (Å²) < 4.78 is 0. The molecule has 1 atom stereocenters. The van der Waals surface area contributed by atoms with Crippen molar-refractivity contribution in [2.24, 2.45) is 0 Å². The number of piperidine rings is 1. The second-order valence-electron chi connectivity index (χ2n) is 3.53. The third kappa shape index (κ3) is 1.69. The first-order valence-corrected chi connectivity index (χ1v) is 4.76. The molecule has 0 amide bonds. The molecule has 13 heavy (non-hydrogen) atoms. The maximum absolute atomic E-state index is 11.1. The lowest BCUT2D eigenvalue weighted by molar-refractivity contribution is -0.157. The number of nitrogens with zero attached hydrogens (tertiary/aromatic N) is 1. The molecule has 0 aromatic rings. The number of aliphatic carboxylic acids is 1. The molecule has 0 spiro atoms. The van der Waals surface area contributed by atoms with Gasteiger partial charge in [-0.25, -0.2) is 0 Å². The van der Waals surface area contributed by atoms with Crippen LogP contribution in [-0.2, 0) is 4.79 Å². The molecule has 1 fully saturated rings. The average molecular weight is 187 g/mol. The molecule has 0 radical (unpaired) electrons. The van der Waals surface area contributed by atoms with Crippen molar-refractivity contribution < 1.29 is 15.0 Å².